The molecule has 0 heterocycles. The molecule has 56 valence electrons. The minimum atomic E-state index is 0.687. The van der Waals surface area contributed by atoms with Crippen molar-refractivity contribution in [3.8, 4) is 6.07 Å². The molecule has 0 aliphatic heterocycles. The smallest absolute Gasteiger partial charge is 0.100 e. The maximum atomic E-state index is 8.67. The van der Waals surface area contributed by atoms with Crippen molar-refractivity contribution < 1.29 is 0 Å². The van der Waals surface area contributed by atoms with Crippen LogP contribution in [0.1, 0.15) is 5.56 Å². The third-order valence-electron chi connectivity index (χ3n) is 1.11. The molecule has 1 rings (SSSR count). The molecule has 0 radical (unpaired) electrons. The van der Waals surface area contributed by atoms with E-state index < -0.39 is 0 Å². The largest absolute Gasteiger partial charge is 0.192 e. The number of hydrogen-bond donors (Lipinski definition) is 0. The molecule has 1 nitrogen and oxygen atoms in total. The van der Waals surface area contributed by atoms with Gasteiger partial charge in [0.05, 0.1) is 5.56 Å². The van der Waals surface area contributed by atoms with Gasteiger partial charge < -0.3 is 0 Å². The van der Waals surface area contributed by atoms with Crippen molar-refractivity contribution in [2.45, 2.75) is 0 Å². The van der Waals surface area contributed by atoms with Gasteiger partial charge in [0.2, 0.25) is 0 Å². The third-order valence-corrected chi connectivity index (χ3v) is 4.10. The Balaban J connectivity index is 3.39. The molecule has 0 aliphatic rings. The maximum Gasteiger partial charge on any atom is 0.100 e. The summed E-state index contributed by atoms with van der Waals surface area (Å²) in [5.74, 6) is 0. The minimum Gasteiger partial charge on any atom is -0.192 e. The highest BCUT2D eigenvalue weighted by Gasteiger charge is 2.03. The Morgan fingerprint density at radius 3 is 2.55 bits per heavy atom. The predicted molar refractivity (Wildman–Crippen MR) is 59.3 cm³/mol. The van der Waals surface area contributed by atoms with E-state index in [0.717, 1.165) is 12.5 Å². The zero-order chi connectivity index (χ0) is 8.43. The molecule has 0 atom stereocenters. The molecule has 4 heteroatoms. The van der Waals surface area contributed by atoms with Crippen molar-refractivity contribution in [2.75, 3.05) is 0 Å². The van der Waals surface area contributed by atoms with Crippen LogP contribution in [-0.2, 0) is 0 Å². The van der Waals surface area contributed by atoms with Gasteiger partial charge in [-0.3, -0.25) is 0 Å². The first-order valence-corrected chi connectivity index (χ1v) is 5.36. The SMILES string of the molecule is N#Cc1cc(Br)cc(Br)c1I. The Bertz CT molecular complexity index is 330. The van der Waals surface area contributed by atoms with Crippen LogP contribution in [0.15, 0.2) is 21.1 Å². The van der Waals surface area contributed by atoms with Gasteiger partial charge in [-0.1, -0.05) is 15.9 Å². The van der Waals surface area contributed by atoms with E-state index in [4.69, 9.17) is 5.26 Å². The summed E-state index contributed by atoms with van der Waals surface area (Å²) in [6, 6.07) is 5.83. The van der Waals surface area contributed by atoms with Gasteiger partial charge in [-0.25, -0.2) is 0 Å². The Labute approximate surface area is 95.2 Å². The lowest BCUT2D eigenvalue weighted by molar-refractivity contribution is 1.43. The van der Waals surface area contributed by atoms with Crippen molar-refractivity contribution >= 4 is 54.5 Å². The Morgan fingerprint density at radius 2 is 2.00 bits per heavy atom. The van der Waals surface area contributed by atoms with E-state index in [-0.39, 0.29) is 0 Å². The maximum absolute atomic E-state index is 8.67. The lowest BCUT2D eigenvalue weighted by Crippen LogP contribution is -1.82. The normalized spacial score (nSPS) is 9.27. The molecule has 0 amide bonds. The molecule has 0 saturated heterocycles. The van der Waals surface area contributed by atoms with E-state index in [9.17, 15) is 0 Å². The first kappa shape index (κ1) is 9.49. The van der Waals surface area contributed by atoms with Crippen LogP contribution in [0.25, 0.3) is 0 Å². The quantitative estimate of drug-likeness (QED) is 0.493. The van der Waals surface area contributed by atoms with Gasteiger partial charge in [0.15, 0.2) is 0 Å². The second-order valence-corrected chi connectivity index (χ2v) is 4.71. The van der Waals surface area contributed by atoms with Gasteiger partial charge in [-0.15, -0.1) is 0 Å². The highest BCUT2D eigenvalue weighted by Crippen LogP contribution is 2.26. The van der Waals surface area contributed by atoms with Crippen molar-refractivity contribution in [3.63, 3.8) is 0 Å². The third kappa shape index (κ3) is 2.17. The lowest BCUT2D eigenvalue weighted by Gasteiger charge is -1.98. The summed E-state index contributed by atoms with van der Waals surface area (Å²) in [5.41, 5.74) is 0.687. The Morgan fingerprint density at radius 1 is 1.36 bits per heavy atom. The summed E-state index contributed by atoms with van der Waals surface area (Å²) in [5, 5.41) is 8.67. The van der Waals surface area contributed by atoms with E-state index in [1.165, 1.54) is 0 Å². The molecule has 0 N–H and O–H groups in total. The van der Waals surface area contributed by atoms with Crippen LogP contribution in [0.3, 0.4) is 0 Å². The van der Waals surface area contributed by atoms with Gasteiger partial charge in [0.1, 0.15) is 6.07 Å². The van der Waals surface area contributed by atoms with Gasteiger partial charge >= 0.3 is 0 Å². The highest BCUT2D eigenvalue weighted by atomic mass is 127. The summed E-state index contributed by atoms with van der Waals surface area (Å²) in [6.07, 6.45) is 0. The fraction of sp³-hybridized carbons (Fsp3) is 0. The molecule has 0 fully saturated rings. The van der Waals surface area contributed by atoms with Crippen LogP contribution in [0.2, 0.25) is 0 Å². The van der Waals surface area contributed by atoms with E-state index >= 15 is 0 Å². The monoisotopic (exact) mass is 385 g/mol. The molecule has 1 aromatic carbocycles. The fourth-order valence-electron chi connectivity index (χ4n) is 0.637. The van der Waals surface area contributed by atoms with Crippen LogP contribution in [0.4, 0.5) is 0 Å². The van der Waals surface area contributed by atoms with Gasteiger partial charge in [-0.2, -0.15) is 5.26 Å². The first-order valence-electron chi connectivity index (χ1n) is 2.70. The fourth-order valence-corrected chi connectivity index (χ4v) is 2.29. The Hall–Kier alpha value is 0.400. The average Bonchev–Trinajstić information content (AvgIpc) is 1.96. The first-order chi connectivity index (χ1) is 5.15. The lowest BCUT2D eigenvalue weighted by atomic mass is 10.2. The van der Waals surface area contributed by atoms with E-state index in [1.807, 2.05) is 6.07 Å². The minimum absolute atomic E-state index is 0.687. The zero-order valence-electron chi connectivity index (χ0n) is 5.24. The molecular formula is C7H2Br2IN. The topological polar surface area (TPSA) is 23.8 Å². The average molecular weight is 387 g/mol. The van der Waals surface area contributed by atoms with Crippen LogP contribution >= 0.6 is 54.5 Å². The van der Waals surface area contributed by atoms with Crippen molar-refractivity contribution in [3.05, 3.63) is 30.2 Å². The molecule has 11 heavy (non-hydrogen) atoms. The highest BCUT2D eigenvalue weighted by molar-refractivity contribution is 14.1. The zero-order valence-corrected chi connectivity index (χ0v) is 10.6. The van der Waals surface area contributed by atoms with Crippen molar-refractivity contribution in [2.24, 2.45) is 0 Å². The van der Waals surface area contributed by atoms with Crippen molar-refractivity contribution in [1.29, 1.82) is 5.26 Å². The Kier molecular flexibility index (Phi) is 3.34. The predicted octanol–water partition coefficient (Wildman–Crippen LogP) is 3.69. The second kappa shape index (κ2) is 3.87. The van der Waals surface area contributed by atoms with Gasteiger partial charge in [-0.05, 0) is 50.7 Å². The van der Waals surface area contributed by atoms with Crippen LogP contribution in [-0.4, -0.2) is 0 Å². The summed E-state index contributed by atoms with van der Waals surface area (Å²) in [4.78, 5) is 0. The second-order valence-electron chi connectivity index (χ2n) is 1.86. The number of halogens is 3. The van der Waals surface area contributed by atoms with Crippen LogP contribution in [0, 0.1) is 14.9 Å². The molecular weight excluding hydrogens is 385 g/mol. The molecule has 0 spiro atoms. The van der Waals surface area contributed by atoms with Gasteiger partial charge in [0, 0.05) is 12.5 Å². The molecule has 0 aromatic heterocycles. The van der Waals surface area contributed by atoms with Crippen LogP contribution in [0.5, 0.6) is 0 Å². The standard InChI is InChI=1S/C7H2Br2IN/c8-5-1-4(3-11)7(10)6(9)2-5/h1-2H. The number of hydrogen-bond acceptors (Lipinski definition) is 1. The molecule has 0 saturated carbocycles. The summed E-state index contributed by atoms with van der Waals surface area (Å²) in [7, 11) is 0. The molecule has 0 bridgehead atoms. The number of nitrogens with zero attached hydrogens (tertiary/aromatic N) is 1. The van der Waals surface area contributed by atoms with E-state index in [1.54, 1.807) is 6.07 Å². The van der Waals surface area contributed by atoms with E-state index in [0.29, 0.717) is 5.56 Å². The molecule has 0 aliphatic carbocycles. The summed E-state index contributed by atoms with van der Waals surface area (Å²) in [6.45, 7) is 0. The summed E-state index contributed by atoms with van der Waals surface area (Å²) >= 11 is 8.78. The molecule has 1 aromatic rings. The van der Waals surface area contributed by atoms with Gasteiger partial charge in [0.25, 0.3) is 0 Å². The number of benzene rings is 1. The summed E-state index contributed by atoms with van der Waals surface area (Å²) < 4.78 is 2.82. The van der Waals surface area contributed by atoms with Crippen LogP contribution < -0.4 is 0 Å². The molecule has 0 unspecified atom stereocenters. The number of rotatable bonds is 0. The van der Waals surface area contributed by atoms with E-state index in [2.05, 4.69) is 60.5 Å². The number of nitriles is 1. The van der Waals surface area contributed by atoms with Crippen molar-refractivity contribution in [1.82, 2.24) is 0 Å².